The Kier molecular flexibility index (Phi) is 4.60. The first-order chi connectivity index (χ1) is 9.10. The molecule has 1 N–H and O–H groups in total. The Bertz CT molecular complexity index is 448. The number of halogens is 1. The molecule has 19 heavy (non-hydrogen) atoms. The van der Waals surface area contributed by atoms with Crippen molar-refractivity contribution in [3.8, 4) is 0 Å². The summed E-state index contributed by atoms with van der Waals surface area (Å²) in [5.41, 5.74) is 0.597. The first-order valence-corrected chi connectivity index (χ1v) is 6.88. The Morgan fingerprint density at radius 3 is 2.84 bits per heavy atom. The number of ether oxygens (including phenoxy) is 2. The fourth-order valence-corrected chi connectivity index (χ4v) is 2.26. The van der Waals surface area contributed by atoms with Gasteiger partial charge in [0.15, 0.2) is 0 Å². The van der Waals surface area contributed by atoms with E-state index in [9.17, 15) is 0 Å². The second kappa shape index (κ2) is 6.03. The zero-order valence-electron chi connectivity index (χ0n) is 11.6. The molecule has 0 aromatic carbocycles. The largest absolute Gasteiger partial charge is 0.378 e. The predicted octanol–water partition coefficient (Wildman–Crippen LogP) is 2.22. The molecule has 0 bridgehead atoms. The van der Waals surface area contributed by atoms with Crippen LogP contribution in [-0.2, 0) is 15.9 Å². The van der Waals surface area contributed by atoms with Crippen molar-refractivity contribution in [3.05, 3.63) is 16.5 Å². The summed E-state index contributed by atoms with van der Waals surface area (Å²) in [6.07, 6.45) is 1.64. The summed E-state index contributed by atoms with van der Waals surface area (Å²) in [5.74, 6) is 1.52. The second-order valence-corrected chi connectivity index (χ2v) is 5.16. The van der Waals surface area contributed by atoms with Crippen molar-refractivity contribution in [1.82, 2.24) is 9.97 Å². The van der Waals surface area contributed by atoms with Crippen LogP contribution < -0.4 is 5.32 Å². The van der Waals surface area contributed by atoms with Gasteiger partial charge in [0.2, 0.25) is 0 Å². The quantitative estimate of drug-likeness (QED) is 0.841. The number of methoxy groups -OCH3 is 1. The molecular formula is C13H20ClN3O2. The van der Waals surface area contributed by atoms with E-state index in [-0.39, 0.29) is 5.60 Å². The summed E-state index contributed by atoms with van der Waals surface area (Å²) in [6.45, 7) is 5.91. The molecule has 1 unspecified atom stereocenters. The van der Waals surface area contributed by atoms with Gasteiger partial charge < -0.3 is 14.8 Å². The van der Waals surface area contributed by atoms with Gasteiger partial charge in [0.05, 0.1) is 6.61 Å². The van der Waals surface area contributed by atoms with Crippen molar-refractivity contribution >= 4 is 17.4 Å². The van der Waals surface area contributed by atoms with Gasteiger partial charge in [-0.15, -0.1) is 0 Å². The fourth-order valence-electron chi connectivity index (χ4n) is 2.07. The lowest BCUT2D eigenvalue weighted by atomic mass is 10.0. The van der Waals surface area contributed by atoms with Crippen molar-refractivity contribution in [1.29, 1.82) is 0 Å². The summed E-state index contributed by atoms with van der Waals surface area (Å²) >= 11 is 6.11. The van der Waals surface area contributed by atoms with Crippen LogP contribution in [0.3, 0.4) is 0 Å². The Labute approximate surface area is 118 Å². The molecule has 1 fully saturated rings. The van der Waals surface area contributed by atoms with Crippen molar-refractivity contribution in [2.24, 2.45) is 0 Å². The predicted molar refractivity (Wildman–Crippen MR) is 74.8 cm³/mol. The van der Waals surface area contributed by atoms with Gasteiger partial charge in [0.25, 0.3) is 0 Å². The smallest absolute Gasteiger partial charge is 0.137 e. The summed E-state index contributed by atoms with van der Waals surface area (Å²) in [7, 11) is 1.72. The molecule has 1 aromatic rings. The number of hydrogen-bond donors (Lipinski definition) is 1. The third-order valence-electron chi connectivity index (χ3n) is 3.53. The minimum absolute atomic E-state index is 0.268. The molecule has 1 aromatic heterocycles. The number of aryl methyl sites for hydroxylation is 1. The van der Waals surface area contributed by atoms with E-state index in [1.165, 1.54) is 0 Å². The summed E-state index contributed by atoms with van der Waals surface area (Å²) in [5, 5.41) is 3.82. The maximum Gasteiger partial charge on any atom is 0.137 e. The molecule has 1 atom stereocenters. The molecule has 0 spiro atoms. The normalized spacial score (nSPS) is 22.7. The van der Waals surface area contributed by atoms with E-state index >= 15 is 0 Å². The van der Waals surface area contributed by atoms with Gasteiger partial charge in [-0.3, -0.25) is 0 Å². The highest BCUT2D eigenvalue weighted by Crippen LogP contribution is 2.25. The van der Waals surface area contributed by atoms with Gasteiger partial charge in [0, 0.05) is 38.7 Å². The average Bonchev–Trinajstić information content (AvgIpc) is 2.89. The van der Waals surface area contributed by atoms with E-state index in [1.807, 2.05) is 13.8 Å². The van der Waals surface area contributed by atoms with Crippen LogP contribution in [0.2, 0.25) is 5.15 Å². The highest BCUT2D eigenvalue weighted by molar-refractivity contribution is 6.30. The fraction of sp³-hybridized carbons (Fsp3) is 0.692. The molecule has 0 saturated carbocycles. The minimum atomic E-state index is -0.268. The third-order valence-corrected chi connectivity index (χ3v) is 3.90. The van der Waals surface area contributed by atoms with E-state index in [2.05, 4.69) is 15.3 Å². The molecule has 0 amide bonds. The molecule has 0 aliphatic carbocycles. The summed E-state index contributed by atoms with van der Waals surface area (Å²) in [4.78, 5) is 8.70. The first kappa shape index (κ1) is 14.5. The lowest BCUT2D eigenvalue weighted by Crippen LogP contribution is -2.40. The zero-order chi connectivity index (χ0) is 13.9. The Hall–Kier alpha value is -0.910. The zero-order valence-corrected chi connectivity index (χ0v) is 12.4. The van der Waals surface area contributed by atoms with Gasteiger partial charge >= 0.3 is 0 Å². The van der Waals surface area contributed by atoms with E-state index in [1.54, 1.807) is 7.11 Å². The maximum atomic E-state index is 6.11. The number of aromatic nitrogens is 2. The van der Waals surface area contributed by atoms with Crippen molar-refractivity contribution in [2.75, 3.05) is 32.2 Å². The molecule has 2 heterocycles. The van der Waals surface area contributed by atoms with Crippen molar-refractivity contribution in [2.45, 2.75) is 32.3 Å². The third kappa shape index (κ3) is 3.16. The Balaban J connectivity index is 2.12. The number of anilines is 1. The van der Waals surface area contributed by atoms with Crippen LogP contribution in [0.1, 0.15) is 24.7 Å². The van der Waals surface area contributed by atoms with Gasteiger partial charge in [0.1, 0.15) is 22.4 Å². The summed E-state index contributed by atoms with van der Waals surface area (Å²) in [6, 6.07) is 0. The SMILES string of the molecule is CCc1nc(Cl)c(C)c(NCC2(OC)CCOC2)n1. The van der Waals surface area contributed by atoms with Crippen LogP contribution in [-0.4, -0.2) is 42.4 Å². The van der Waals surface area contributed by atoms with Crippen molar-refractivity contribution in [3.63, 3.8) is 0 Å². The molecule has 5 nitrogen and oxygen atoms in total. The molecule has 0 radical (unpaired) electrons. The molecular weight excluding hydrogens is 266 g/mol. The van der Waals surface area contributed by atoms with E-state index in [0.717, 1.165) is 36.7 Å². The van der Waals surface area contributed by atoms with E-state index in [4.69, 9.17) is 21.1 Å². The van der Waals surface area contributed by atoms with Crippen LogP contribution >= 0.6 is 11.6 Å². The Morgan fingerprint density at radius 1 is 1.47 bits per heavy atom. The van der Waals surface area contributed by atoms with Gasteiger partial charge in [-0.1, -0.05) is 18.5 Å². The molecule has 1 aliphatic heterocycles. The Morgan fingerprint density at radius 2 is 2.26 bits per heavy atom. The number of nitrogens with one attached hydrogen (secondary N) is 1. The van der Waals surface area contributed by atoms with Gasteiger partial charge in [-0.05, 0) is 6.92 Å². The first-order valence-electron chi connectivity index (χ1n) is 6.50. The number of rotatable bonds is 5. The highest BCUT2D eigenvalue weighted by atomic mass is 35.5. The van der Waals surface area contributed by atoms with Crippen LogP contribution in [0.5, 0.6) is 0 Å². The van der Waals surface area contributed by atoms with Gasteiger partial charge in [-0.25, -0.2) is 9.97 Å². The number of hydrogen-bond acceptors (Lipinski definition) is 5. The van der Waals surface area contributed by atoms with Crippen LogP contribution in [0.15, 0.2) is 0 Å². The van der Waals surface area contributed by atoms with Gasteiger partial charge in [-0.2, -0.15) is 0 Å². The molecule has 1 saturated heterocycles. The van der Waals surface area contributed by atoms with Crippen LogP contribution in [0.25, 0.3) is 0 Å². The number of nitrogens with zero attached hydrogens (tertiary/aromatic N) is 2. The van der Waals surface area contributed by atoms with Crippen molar-refractivity contribution < 1.29 is 9.47 Å². The average molecular weight is 286 g/mol. The van der Waals surface area contributed by atoms with E-state index < -0.39 is 0 Å². The monoisotopic (exact) mass is 285 g/mol. The molecule has 6 heteroatoms. The highest BCUT2D eigenvalue weighted by Gasteiger charge is 2.35. The summed E-state index contributed by atoms with van der Waals surface area (Å²) < 4.78 is 11.0. The van der Waals surface area contributed by atoms with E-state index in [0.29, 0.717) is 18.3 Å². The minimum Gasteiger partial charge on any atom is -0.378 e. The van der Waals surface area contributed by atoms with Crippen LogP contribution in [0.4, 0.5) is 5.82 Å². The molecule has 106 valence electrons. The lowest BCUT2D eigenvalue weighted by molar-refractivity contribution is -0.00626. The lowest BCUT2D eigenvalue weighted by Gasteiger charge is -2.26. The molecule has 2 rings (SSSR count). The molecule has 1 aliphatic rings. The topological polar surface area (TPSA) is 56.3 Å². The standard InChI is InChI=1S/C13H20ClN3O2/c1-4-10-16-11(14)9(2)12(17-10)15-7-13(18-3)5-6-19-8-13/h4-8H2,1-3H3,(H,15,16,17). The second-order valence-electron chi connectivity index (χ2n) is 4.80. The maximum absolute atomic E-state index is 6.11. The van der Waals surface area contributed by atoms with Crippen LogP contribution in [0, 0.1) is 6.92 Å².